The molecule has 0 radical (unpaired) electrons. The Bertz CT molecular complexity index is 935. The minimum Gasteiger partial charge on any atom is -0.496 e. The van der Waals surface area contributed by atoms with Crippen LogP contribution in [0.4, 0.5) is 0 Å². The first kappa shape index (κ1) is 19.1. The van der Waals surface area contributed by atoms with Gasteiger partial charge in [0.05, 0.1) is 12.8 Å². The first-order valence-electron chi connectivity index (χ1n) is 8.69. The van der Waals surface area contributed by atoms with Crippen molar-refractivity contribution in [1.29, 1.82) is 0 Å². The Hall–Kier alpha value is -2.67. The second kappa shape index (κ2) is 8.35. The van der Waals surface area contributed by atoms with Crippen molar-refractivity contribution in [2.75, 3.05) is 7.11 Å². The van der Waals surface area contributed by atoms with Crippen molar-refractivity contribution in [2.45, 2.75) is 37.6 Å². The predicted octanol–water partition coefficient (Wildman–Crippen LogP) is 4.29. The molecule has 3 rings (SSSR count). The van der Waals surface area contributed by atoms with Gasteiger partial charge in [-0.25, -0.2) is 0 Å². The fourth-order valence-corrected chi connectivity index (χ4v) is 3.55. The molecule has 2 aromatic carbocycles. The highest BCUT2D eigenvalue weighted by Crippen LogP contribution is 2.29. The quantitative estimate of drug-likeness (QED) is 0.448. The molecule has 0 saturated carbocycles. The van der Waals surface area contributed by atoms with E-state index in [9.17, 15) is 4.79 Å². The topological polar surface area (TPSA) is 69.9 Å². The molecule has 0 aliphatic carbocycles. The van der Waals surface area contributed by atoms with Gasteiger partial charge in [-0.15, -0.1) is 5.10 Å². The van der Waals surface area contributed by atoms with E-state index in [4.69, 9.17) is 4.74 Å². The Morgan fingerprint density at radius 2 is 1.93 bits per heavy atom. The van der Waals surface area contributed by atoms with E-state index in [1.54, 1.807) is 24.8 Å². The first-order chi connectivity index (χ1) is 13.0. The van der Waals surface area contributed by atoms with E-state index in [-0.39, 0.29) is 5.78 Å². The van der Waals surface area contributed by atoms with Crippen molar-refractivity contribution < 1.29 is 9.53 Å². The molecule has 0 spiro atoms. The lowest BCUT2D eigenvalue weighted by Gasteiger charge is -2.10. The molecule has 0 saturated heterocycles. The van der Waals surface area contributed by atoms with Gasteiger partial charge in [0.2, 0.25) is 5.16 Å². The van der Waals surface area contributed by atoms with Gasteiger partial charge in [0.25, 0.3) is 0 Å². The van der Waals surface area contributed by atoms with Crippen molar-refractivity contribution in [3.8, 4) is 11.4 Å². The lowest BCUT2D eigenvalue weighted by molar-refractivity contribution is 0.101. The van der Waals surface area contributed by atoms with E-state index in [0.717, 1.165) is 17.0 Å². The summed E-state index contributed by atoms with van der Waals surface area (Å²) in [7, 11) is 1.62. The van der Waals surface area contributed by atoms with Gasteiger partial charge in [0, 0.05) is 16.9 Å². The maximum Gasteiger partial charge on any atom is 0.214 e. The molecule has 3 aromatic rings. The highest BCUT2D eigenvalue weighted by Gasteiger charge is 2.13. The number of hydrogen-bond donors (Lipinski definition) is 0. The van der Waals surface area contributed by atoms with Crippen LogP contribution in [0.25, 0.3) is 5.69 Å². The lowest BCUT2D eigenvalue weighted by Crippen LogP contribution is -2.01. The summed E-state index contributed by atoms with van der Waals surface area (Å²) in [5, 5.41) is 12.7. The average Bonchev–Trinajstić information content (AvgIpc) is 3.14. The number of ketones is 1. The van der Waals surface area contributed by atoms with Crippen molar-refractivity contribution >= 4 is 17.5 Å². The van der Waals surface area contributed by atoms with Gasteiger partial charge >= 0.3 is 0 Å². The van der Waals surface area contributed by atoms with Crippen LogP contribution in [-0.4, -0.2) is 33.1 Å². The molecule has 27 heavy (non-hydrogen) atoms. The van der Waals surface area contributed by atoms with E-state index >= 15 is 0 Å². The smallest absolute Gasteiger partial charge is 0.214 e. The molecule has 0 amide bonds. The zero-order valence-electron chi connectivity index (χ0n) is 15.8. The number of tetrazole rings is 1. The van der Waals surface area contributed by atoms with E-state index in [0.29, 0.717) is 22.4 Å². The van der Waals surface area contributed by atoms with E-state index in [1.807, 2.05) is 24.3 Å². The first-order valence-corrected chi connectivity index (χ1v) is 9.67. The molecular weight excluding hydrogens is 360 g/mol. The molecule has 0 unspecified atom stereocenters. The zero-order valence-corrected chi connectivity index (χ0v) is 16.7. The number of ether oxygens (including phenoxy) is 1. The molecule has 1 heterocycles. The summed E-state index contributed by atoms with van der Waals surface area (Å²) < 4.78 is 7.14. The number of carbonyl (C=O) groups is 1. The minimum atomic E-state index is 0.0268. The van der Waals surface area contributed by atoms with Gasteiger partial charge in [-0.3, -0.25) is 4.79 Å². The molecule has 0 aliphatic rings. The van der Waals surface area contributed by atoms with Crippen LogP contribution in [0.15, 0.2) is 47.6 Å². The molecule has 0 aliphatic heterocycles. The second-order valence-corrected chi connectivity index (χ2v) is 7.43. The van der Waals surface area contributed by atoms with Crippen molar-refractivity contribution in [1.82, 2.24) is 20.2 Å². The number of methoxy groups -OCH3 is 1. The second-order valence-electron chi connectivity index (χ2n) is 6.49. The van der Waals surface area contributed by atoms with Gasteiger partial charge in [-0.2, -0.15) is 4.68 Å². The molecule has 0 bridgehead atoms. The van der Waals surface area contributed by atoms with Crippen LogP contribution in [0.1, 0.15) is 48.2 Å². The number of rotatable bonds is 7. The number of Topliss-reactive ketones (excluding diaryl/α,β-unsaturated/α-hetero) is 1. The molecule has 7 heteroatoms. The normalized spacial score (nSPS) is 11.0. The third-order valence-electron chi connectivity index (χ3n) is 4.29. The van der Waals surface area contributed by atoms with Crippen LogP contribution in [0.5, 0.6) is 5.75 Å². The van der Waals surface area contributed by atoms with E-state index in [1.165, 1.54) is 17.3 Å². The van der Waals surface area contributed by atoms with Crippen LogP contribution in [0.2, 0.25) is 0 Å². The standard InChI is InChI=1S/C20H22N4O2S/c1-13(2)15-5-8-18(9-6-15)24-20(21-22-23-24)27-12-17-11-16(14(3)25)7-10-19(17)26-4/h5-11,13H,12H2,1-4H3. The van der Waals surface area contributed by atoms with Gasteiger partial charge in [0.1, 0.15) is 5.75 Å². The summed E-state index contributed by atoms with van der Waals surface area (Å²) in [5.74, 6) is 1.84. The fraction of sp³-hybridized carbons (Fsp3) is 0.300. The predicted molar refractivity (Wildman–Crippen MR) is 106 cm³/mol. The maximum atomic E-state index is 11.7. The summed E-state index contributed by atoms with van der Waals surface area (Å²) in [5.41, 5.74) is 3.78. The molecule has 6 nitrogen and oxygen atoms in total. The Morgan fingerprint density at radius 3 is 2.56 bits per heavy atom. The van der Waals surface area contributed by atoms with Crippen molar-refractivity contribution in [3.63, 3.8) is 0 Å². The highest BCUT2D eigenvalue weighted by atomic mass is 32.2. The summed E-state index contributed by atoms with van der Waals surface area (Å²) in [6.45, 7) is 5.88. The summed E-state index contributed by atoms with van der Waals surface area (Å²) >= 11 is 1.50. The van der Waals surface area contributed by atoms with Crippen LogP contribution >= 0.6 is 11.8 Å². The average molecular weight is 382 g/mol. The third-order valence-corrected chi connectivity index (χ3v) is 5.26. The van der Waals surface area contributed by atoms with Crippen LogP contribution < -0.4 is 4.74 Å². The van der Waals surface area contributed by atoms with Crippen molar-refractivity contribution in [2.24, 2.45) is 0 Å². The monoisotopic (exact) mass is 382 g/mol. The molecule has 1 aromatic heterocycles. The van der Waals surface area contributed by atoms with Crippen molar-refractivity contribution in [3.05, 3.63) is 59.2 Å². The number of thioether (sulfide) groups is 1. The van der Waals surface area contributed by atoms with E-state index in [2.05, 4.69) is 41.5 Å². The number of aromatic nitrogens is 4. The Morgan fingerprint density at radius 1 is 1.19 bits per heavy atom. The van der Waals surface area contributed by atoms with Gasteiger partial charge in [0.15, 0.2) is 5.78 Å². The number of carbonyl (C=O) groups excluding carboxylic acids is 1. The van der Waals surface area contributed by atoms with Crippen LogP contribution in [0.3, 0.4) is 0 Å². The summed E-state index contributed by atoms with van der Waals surface area (Å²) in [4.78, 5) is 11.7. The number of nitrogens with zero attached hydrogens (tertiary/aromatic N) is 4. The SMILES string of the molecule is COc1ccc(C(C)=O)cc1CSc1nnnn1-c1ccc(C(C)C)cc1. The Labute approximate surface area is 162 Å². The fourth-order valence-electron chi connectivity index (χ4n) is 2.68. The summed E-state index contributed by atoms with van der Waals surface area (Å²) in [6, 6.07) is 13.7. The van der Waals surface area contributed by atoms with E-state index < -0.39 is 0 Å². The Balaban J connectivity index is 1.81. The highest BCUT2D eigenvalue weighted by molar-refractivity contribution is 7.98. The van der Waals surface area contributed by atoms with Crippen LogP contribution in [0, 0.1) is 0 Å². The number of benzene rings is 2. The van der Waals surface area contributed by atoms with Crippen LogP contribution in [-0.2, 0) is 5.75 Å². The van der Waals surface area contributed by atoms with Gasteiger partial charge in [-0.05, 0) is 59.2 Å². The van der Waals surface area contributed by atoms with Gasteiger partial charge < -0.3 is 4.74 Å². The zero-order chi connectivity index (χ0) is 19.4. The largest absolute Gasteiger partial charge is 0.496 e. The molecule has 0 N–H and O–H groups in total. The molecule has 140 valence electrons. The third kappa shape index (κ3) is 4.36. The minimum absolute atomic E-state index is 0.0268. The molecular formula is C20H22N4O2S. The van der Waals surface area contributed by atoms with Gasteiger partial charge in [-0.1, -0.05) is 37.7 Å². The maximum absolute atomic E-state index is 11.7. The number of hydrogen-bond acceptors (Lipinski definition) is 6. The molecule has 0 atom stereocenters. The molecule has 0 fully saturated rings. The summed E-state index contributed by atoms with van der Waals surface area (Å²) in [6.07, 6.45) is 0. The Kier molecular flexibility index (Phi) is 5.91. The lowest BCUT2D eigenvalue weighted by atomic mass is 10.0.